The Labute approximate surface area is 397 Å². The van der Waals surface area contributed by atoms with Crippen molar-refractivity contribution >= 4 is 36.8 Å². The summed E-state index contributed by atoms with van der Waals surface area (Å²) >= 11 is 2.00. The fraction of sp³-hybridized carbons (Fsp3) is 0.0968. The van der Waals surface area contributed by atoms with Gasteiger partial charge in [0.05, 0.1) is 17.4 Å². The van der Waals surface area contributed by atoms with E-state index < -0.39 is 0 Å². The fourth-order valence-electron chi connectivity index (χ4n) is 8.55. The first kappa shape index (κ1) is 44.3. The summed E-state index contributed by atoms with van der Waals surface area (Å²) in [5, 5.41) is 4.50. The summed E-state index contributed by atoms with van der Waals surface area (Å²) in [6.45, 7) is 7.10. The average Bonchev–Trinajstić information content (AvgIpc) is 3.39. The lowest BCUT2D eigenvalue weighted by Gasteiger charge is -2.39. The summed E-state index contributed by atoms with van der Waals surface area (Å²) in [7, 11) is 0.406. The molecule has 0 saturated heterocycles. The van der Waals surface area contributed by atoms with E-state index in [4.69, 9.17) is 0 Å². The second-order valence-corrected chi connectivity index (χ2v) is 19.7. The fourth-order valence-corrected chi connectivity index (χ4v) is 11.6. The molecule has 0 aromatic heterocycles. The summed E-state index contributed by atoms with van der Waals surface area (Å²) in [6, 6.07) is 85.5. The Bertz CT molecular complexity index is 2840. The lowest BCUT2D eigenvalue weighted by atomic mass is 9.89. The van der Waals surface area contributed by atoms with Gasteiger partial charge < -0.3 is 9.99 Å². The maximum absolute atomic E-state index is 4.23. The molecule has 66 heavy (non-hydrogen) atoms. The van der Waals surface area contributed by atoms with E-state index in [1.807, 2.05) is 11.4 Å². The van der Waals surface area contributed by atoms with E-state index in [1.54, 1.807) is 0 Å². The third-order valence-electron chi connectivity index (χ3n) is 12.2. The van der Waals surface area contributed by atoms with Crippen molar-refractivity contribution in [3.05, 3.63) is 248 Å². The van der Waals surface area contributed by atoms with Crippen LogP contribution in [0.5, 0.6) is 0 Å². The van der Waals surface area contributed by atoms with Crippen LogP contribution in [0.1, 0.15) is 26.3 Å². The molecule has 0 bridgehead atoms. The van der Waals surface area contributed by atoms with Crippen molar-refractivity contribution in [3.8, 4) is 66.8 Å². The van der Waals surface area contributed by atoms with Crippen LogP contribution in [0.15, 0.2) is 243 Å². The minimum atomic E-state index is 0.00168. The Hall–Kier alpha value is -6.90. The van der Waals surface area contributed by atoms with Gasteiger partial charge in [0.15, 0.2) is 0 Å². The summed E-state index contributed by atoms with van der Waals surface area (Å²) in [5.41, 5.74) is 17.9. The van der Waals surface area contributed by atoms with Crippen molar-refractivity contribution in [1.29, 1.82) is 0 Å². The second-order valence-electron chi connectivity index (χ2n) is 16.8. The van der Waals surface area contributed by atoms with Gasteiger partial charge in [-0.05, 0) is 95.1 Å². The van der Waals surface area contributed by atoms with Crippen LogP contribution in [-0.4, -0.2) is 17.3 Å². The Balaban J connectivity index is 1.21. The predicted molar refractivity (Wildman–Crippen MR) is 291 cm³/mol. The van der Waals surface area contributed by atoms with Crippen molar-refractivity contribution in [2.75, 3.05) is 9.99 Å². The van der Waals surface area contributed by atoms with Crippen LogP contribution in [0.2, 0.25) is 0 Å². The highest BCUT2D eigenvalue weighted by molar-refractivity contribution is 8.50. The molecule has 9 aromatic rings. The SMILES string of the molecule is CC(/C=C/c1ccccc1)SPN(c1c(-c2ccccc2)cc(-c2ccccc2)cc1-c1ccccc1)[C@H](C)C(C)Nc1c(-c2ccccc2)cc(-c2ccccc2)cc1-c1ccccc1. The second kappa shape index (κ2) is 21.4. The molecule has 4 heteroatoms. The van der Waals surface area contributed by atoms with Crippen LogP contribution >= 0.6 is 19.3 Å². The lowest BCUT2D eigenvalue weighted by molar-refractivity contribution is 0.645. The number of hydrogen-bond acceptors (Lipinski definition) is 3. The van der Waals surface area contributed by atoms with Crippen LogP contribution in [0.4, 0.5) is 11.4 Å². The molecule has 0 heterocycles. The molecule has 2 nitrogen and oxygen atoms in total. The van der Waals surface area contributed by atoms with Gasteiger partial charge >= 0.3 is 0 Å². The van der Waals surface area contributed by atoms with Crippen molar-refractivity contribution < 1.29 is 0 Å². The standard InChI is InChI=1S/C62H55N2PS/c1-45(39-40-48-25-11-4-12-26-48)66-65-64(62-59(53-35-21-9-22-36-53)43-56(50-29-15-6-16-30-50)44-60(62)54-37-23-10-24-38-54)47(3)46(2)63-61-57(51-31-17-7-18-32-51)41-55(49-27-13-5-14-28-49)42-58(61)52-33-19-8-20-34-52/h4-47,63,65H,1-3H3/b40-39+/t45?,46?,47-/m1/s1. The number of nitrogens with zero attached hydrogens (tertiary/aromatic N) is 1. The molecule has 9 rings (SSSR count). The number of benzene rings is 9. The molecular formula is C62H55N2PS. The first-order valence-corrected chi connectivity index (χ1v) is 25.4. The van der Waals surface area contributed by atoms with Crippen LogP contribution in [0, 0.1) is 0 Å². The Morgan fingerprint density at radius 3 is 1.14 bits per heavy atom. The Kier molecular flexibility index (Phi) is 14.4. The maximum Gasteiger partial charge on any atom is 0.0566 e. The van der Waals surface area contributed by atoms with E-state index in [9.17, 15) is 0 Å². The summed E-state index contributed by atoms with van der Waals surface area (Å²) in [6.07, 6.45) is 4.60. The number of hydrogen-bond donors (Lipinski definition) is 1. The normalized spacial score (nSPS) is 12.8. The number of rotatable bonds is 16. The first-order valence-electron chi connectivity index (χ1n) is 22.9. The monoisotopic (exact) mass is 890 g/mol. The highest BCUT2D eigenvalue weighted by Gasteiger charge is 2.29. The van der Waals surface area contributed by atoms with E-state index >= 15 is 0 Å². The third kappa shape index (κ3) is 10.5. The topological polar surface area (TPSA) is 15.3 Å². The molecule has 324 valence electrons. The van der Waals surface area contributed by atoms with Gasteiger partial charge in [-0.1, -0.05) is 224 Å². The van der Waals surface area contributed by atoms with Gasteiger partial charge in [0.25, 0.3) is 0 Å². The van der Waals surface area contributed by atoms with Gasteiger partial charge in [0, 0.05) is 41.5 Å². The zero-order valence-corrected chi connectivity index (χ0v) is 39.6. The number of anilines is 2. The Morgan fingerprint density at radius 1 is 0.409 bits per heavy atom. The van der Waals surface area contributed by atoms with E-state index in [-0.39, 0.29) is 17.3 Å². The van der Waals surface area contributed by atoms with Crippen LogP contribution in [-0.2, 0) is 0 Å². The molecule has 0 aliphatic carbocycles. The molecule has 3 unspecified atom stereocenters. The summed E-state index contributed by atoms with van der Waals surface area (Å²) in [4.78, 5) is 0. The highest BCUT2D eigenvalue weighted by Crippen LogP contribution is 2.52. The van der Waals surface area contributed by atoms with Crippen molar-refractivity contribution in [1.82, 2.24) is 0 Å². The Morgan fingerprint density at radius 2 is 0.742 bits per heavy atom. The van der Waals surface area contributed by atoms with E-state index in [2.05, 4.69) is 279 Å². The highest BCUT2D eigenvalue weighted by atomic mass is 32.7. The predicted octanol–water partition coefficient (Wildman–Crippen LogP) is 17.7. The van der Waals surface area contributed by atoms with Gasteiger partial charge in [0.2, 0.25) is 0 Å². The molecule has 0 radical (unpaired) electrons. The molecule has 4 atom stereocenters. The lowest BCUT2D eigenvalue weighted by Crippen LogP contribution is -2.40. The van der Waals surface area contributed by atoms with Crippen LogP contribution in [0.3, 0.4) is 0 Å². The molecular weight excluding hydrogens is 836 g/mol. The molecule has 9 aromatic carbocycles. The third-order valence-corrected chi connectivity index (χ3v) is 15.7. The number of nitrogens with one attached hydrogen (secondary N) is 1. The van der Waals surface area contributed by atoms with Gasteiger partial charge in [-0.3, -0.25) is 0 Å². The minimum Gasteiger partial charge on any atom is -0.380 e. The van der Waals surface area contributed by atoms with Crippen LogP contribution < -0.4 is 9.99 Å². The van der Waals surface area contributed by atoms with Gasteiger partial charge in [0.1, 0.15) is 0 Å². The van der Waals surface area contributed by atoms with Gasteiger partial charge in [-0.2, -0.15) is 0 Å². The molecule has 0 aliphatic rings. The largest absolute Gasteiger partial charge is 0.380 e. The van der Waals surface area contributed by atoms with Crippen molar-refractivity contribution in [2.24, 2.45) is 0 Å². The molecule has 0 spiro atoms. The van der Waals surface area contributed by atoms with E-state index in [0.29, 0.717) is 7.93 Å². The zero-order valence-electron chi connectivity index (χ0n) is 37.8. The summed E-state index contributed by atoms with van der Waals surface area (Å²) < 4.78 is 2.71. The summed E-state index contributed by atoms with van der Waals surface area (Å²) in [5.74, 6) is 0. The van der Waals surface area contributed by atoms with Gasteiger partial charge in [-0.15, -0.1) is 11.4 Å². The molecule has 0 amide bonds. The quantitative estimate of drug-likeness (QED) is 0.0973. The smallest absolute Gasteiger partial charge is 0.0566 e. The van der Waals surface area contributed by atoms with Gasteiger partial charge in [-0.25, -0.2) is 0 Å². The average molecular weight is 891 g/mol. The molecule has 0 saturated carbocycles. The molecule has 0 aliphatic heterocycles. The van der Waals surface area contributed by atoms with E-state index in [0.717, 1.165) is 5.69 Å². The zero-order chi connectivity index (χ0) is 45.1. The molecule has 0 fully saturated rings. The molecule has 1 N–H and O–H groups in total. The maximum atomic E-state index is 4.23. The minimum absolute atomic E-state index is 0.00168. The first-order chi connectivity index (χ1) is 32.5. The van der Waals surface area contributed by atoms with Crippen LogP contribution in [0.25, 0.3) is 72.8 Å². The van der Waals surface area contributed by atoms with Crippen molar-refractivity contribution in [3.63, 3.8) is 0 Å². The van der Waals surface area contributed by atoms with Crippen molar-refractivity contribution in [2.45, 2.75) is 38.1 Å². The van der Waals surface area contributed by atoms with E-state index in [1.165, 1.54) is 78.0 Å².